The average Bonchev–Trinajstić information content (AvgIpc) is 3.02. The molecule has 1 amide bonds. The van der Waals surface area contributed by atoms with E-state index in [-0.39, 0.29) is 11.9 Å². The van der Waals surface area contributed by atoms with E-state index in [9.17, 15) is 4.79 Å². The normalized spacial score (nSPS) is 20.1. The predicted molar refractivity (Wildman–Crippen MR) is 86.3 cm³/mol. The Labute approximate surface area is 132 Å². The van der Waals surface area contributed by atoms with Crippen LogP contribution in [0.4, 0.5) is 0 Å². The van der Waals surface area contributed by atoms with Crippen LogP contribution in [0.15, 0.2) is 17.8 Å². The number of rotatable bonds is 5. The highest BCUT2D eigenvalue weighted by atomic mass is 16.2. The van der Waals surface area contributed by atoms with Gasteiger partial charge in [0.25, 0.3) is 0 Å². The Morgan fingerprint density at radius 3 is 3.18 bits per heavy atom. The third-order valence-corrected chi connectivity index (χ3v) is 4.89. The molecule has 1 aliphatic carbocycles. The number of fused-ring (bicyclic) bond motifs is 1. The van der Waals surface area contributed by atoms with Crippen LogP contribution in [-0.2, 0) is 17.8 Å². The zero-order valence-electron chi connectivity index (χ0n) is 13.4. The summed E-state index contributed by atoms with van der Waals surface area (Å²) in [4.78, 5) is 14.6. The van der Waals surface area contributed by atoms with Gasteiger partial charge in [-0.3, -0.25) is 14.8 Å². The second-order valence-corrected chi connectivity index (χ2v) is 6.42. The smallest absolute Gasteiger partial charge is 0.237 e. The van der Waals surface area contributed by atoms with Crippen LogP contribution in [0.5, 0.6) is 0 Å². The summed E-state index contributed by atoms with van der Waals surface area (Å²) in [7, 11) is 0. The van der Waals surface area contributed by atoms with Crippen LogP contribution in [0.25, 0.3) is 0 Å². The van der Waals surface area contributed by atoms with Gasteiger partial charge in [0.05, 0.1) is 12.2 Å². The molecule has 1 aliphatic heterocycles. The van der Waals surface area contributed by atoms with Gasteiger partial charge in [0.15, 0.2) is 0 Å². The maximum atomic E-state index is 12.3. The fraction of sp³-hybridized carbons (Fsp3) is 0.647. The van der Waals surface area contributed by atoms with Crippen LogP contribution in [0.3, 0.4) is 0 Å². The van der Waals surface area contributed by atoms with Crippen molar-refractivity contribution in [2.24, 2.45) is 0 Å². The fourth-order valence-electron chi connectivity index (χ4n) is 3.37. The molecule has 1 aromatic rings. The summed E-state index contributed by atoms with van der Waals surface area (Å²) in [6, 6.07) is -0.0802. The van der Waals surface area contributed by atoms with E-state index in [1.807, 2.05) is 13.1 Å². The SMILES string of the molecule is C[C@H](C(=O)NCCC1=CCCCC1)N1CCc2[nH]ncc2C1. The fourth-order valence-corrected chi connectivity index (χ4v) is 3.37. The molecule has 0 radical (unpaired) electrons. The summed E-state index contributed by atoms with van der Waals surface area (Å²) in [6.45, 7) is 4.49. The molecule has 0 saturated carbocycles. The molecule has 0 saturated heterocycles. The Bertz CT molecular complexity index is 549. The first-order chi connectivity index (χ1) is 10.7. The van der Waals surface area contributed by atoms with Crippen LogP contribution in [0.2, 0.25) is 0 Å². The second-order valence-electron chi connectivity index (χ2n) is 6.42. The van der Waals surface area contributed by atoms with Crippen LogP contribution in [-0.4, -0.2) is 40.1 Å². The van der Waals surface area contributed by atoms with Gasteiger partial charge in [-0.2, -0.15) is 5.10 Å². The molecule has 22 heavy (non-hydrogen) atoms. The molecule has 0 fully saturated rings. The standard InChI is InChI=1S/C17H26N4O/c1-13(21-10-8-16-15(12-21)11-19-20-16)17(22)18-9-7-14-5-3-2-4-6-14/h5,11,13H,2-4,6-10,12H2,1H3,(H,18,22)(H,19,20)/t13-/m1/s1. The minimum atomic E-state index is -0.0802. The van der Waals surface area contributed by atoms with Crippen molar-refractivity contribution >= 4 is 5.91 Å². The molecular formula is C17H26N4O. The molecule has 1 atom stereocenters. The quantitative estimate of drug-likeness (QED) is 0.819. The van der Waals surface area contributed by atoms with Crippen molar-refractivity contribution in [1.29, 1.82) is 0 Å². The molecule has 1 aromatic heterocycles. The highest BCUT2D eigenvalue weighted by Crippen LogP contribution is 2.20. The van der Waals surface area contributed by atoms with Crippen LogP contribution in [0, 0.1) is 0 Å². The zero-order valence-corrected chi connectivity index (χ0v) is 13.4. The van der Waals surface area contributed by atoms with E-state index in [0.717, 1.165) is 32.5 Å². The molecule has 5 heteroatoms. The highest BCUT2D eigenvalue weighted by molar-refractivity contribution is 5.81. The van der Waals surface area contributed by atoms with Crippen molar-refractivity contribution < 1.29 is 4.79 Å². The Balaban J connectivity index is 1.45. The zero-order chi connectivity index (χ0) is 15.4. The number of hydrogen-bond acceptors (Lipinski definition) is 3. The number of carbonyl (C=O) groups is 1. The molecule has 120 valence electrons. The lowest BCUT2D eigenvalue weighted by Gasteiger charge is -2.31. The van der Waals surface area contributed by atoms with Crippen molar-refractivity contribution in [2.45, 2.75) is 58.0 Å². The third kappa shape index (κ3) is 3.58. The van der Waals surface area contributed by atoms with Gasteiger partial charge in [-0.25, -0.2) is 0 Å². The van der Waals surface area contributed by atoms with Crippen LogP contribution < -0.4 is 5.32 Å². The summed E-state index contributed by atoms with van der Waals surface area (Å²) >= 11 is 0. The number of carbonyl (C=O) groups excluding carboxylic acids is 1. The molecule has 2 aliphatic rings. The van der Waals surface area contributed by atoms with Gasteiger partial charge >= 0.3 is 0 Å². The van der Waals surface area contributed by atoms with Crippen molar-refractivity contribution in [1.82, 2.24) is 20.4 Å². The van der Waals surface area contributed by atoms with Gasteiger partial charge in [-0.15, -0.1) is 0 Å². The van der Waals surface area contributed by atoms with Gasteiger partial charge in [0, 0.05) is 37.3 Å². The number of aromatic amines is 1. The van der Waals surface area contributed by atoms with Crippen molar-refractivity contribution in [3.05, 3.63) is 29.1 Å². The number of hydrogen-bond donors (Lipinski definition) is 2. The molecule has 0 bridgehead atoms. The maximum absolute atomic E-state index is 12.3. The van der Waals surface area contributed by atoms with Crippen molar-refractivity contribution in [2.75, 3.05) is 13.1 Å². The first kappa shape index (κ1) is 15.3. The molecule has 2 heterocycles. The summed E-state index contributed by atoms with van der Waals surface area (Å²) in [6.07, 6.45) is 11.2. The molecule has 0 spiro atoms. The van der Waals surface area contributed by atoms with Crippen LogP contribution in [0.1, 0.15) is 50.3 Å². The van der Waals surface area contributed by atoms with Gasteiger partial charge in [0.2, 0.25) is 5.91 Å². The van der Waals surface area contributed by atoms with Crippen molar-refractivity contribution in [3.8, 4) is 0 Å². The third-order valence-electron chi connectivity index (χ3n) is 4.89. The van der Waals surface area contributed by atoms with E-state index >= 15 is 0 Å². The number of nitrogens with zero attached hydrogens (tertiary/aromatic N) is 2. The Morgan fingerprint density at radius 1 is 1.45 bits per heavy atom. The number of aromatic nitrogens is 2. The van der Waals surface area contributed by atoms with E-state index < -0.39 is 0 Å². The summed E-state index contributed by atoms with van der Waals surface area (Å²) in [5.74, 6) is 0.142. The first-order valence-corrected chi connectivity index (χ1v) is 8.45. The second kappa shape index (κ2) is 7.09. The predicted octanol–water partition coefficient (Wildman–Crippen LogP) is 2.16. The Morgan fingerprint density at radius 2 is 2.36 bits per heavy atom. The highest BCUT2D eigenvalue weighted by Gasteiger charge is 2.25. The van der Waals surface area contributed by atoms with Gasteiger partial charge in [0.1, 0.15) is 0 Å². The van der Waals surface area contributed by atoms with E-state index in [0.29, 0.717) is 0 Å². The number of H-pyrrole nitrogens is 1. The molecule has 2 N–H and O–H groups in total. The first-order valence-electron chi connectivity index (χ1n) is 8.45. The molecule has 5 nitrogen and oxygen atoms in total. The molecule has 0 aromatic carbocycles. The number of amides is 1. The molecule has 3 rings (SSSR count). The van der Waals surface area contributed by atoms with E-state index in [4.69, 9.17) is 0 Å². The molecular weight excluding hydrogens is 276 g/mol. The van der Waals surface area contributed by atoms with Crippen molar-refractivity contribution in [3.63, 3.8) is 0 Å². The minimum absolute atomic E-state index is 0.0802. The summed E-state index contributed by atoms with van der Waals surface area (Å²) in [5, 5.41) is 10.2. The Hall–Kier alpha value is -1.62. The lowest BCUT2D eigenvalue weighted by molar-refractivity contribution is -0.126. The van der Waals surface area contributed by atoms with E-state index in [1.54, 1.807) is 0 Å². The van der Waals surface area contributed by atoms with Gasteiger partial charge in [-0.05, 0) is 39.0 Å². The van der Waals surface area contributed by atoms with Crippen LogP contribution >= 0.6 is 0 Å². The lowest BCUT2D eigenvalue weighted by Crippen LogP contribution is -2.47. The minimum Gasteiger partial charge on any atom is -0.354 e. The van der Waals surface area contributed by atoms with Gasteiger partial charge in [-0.1, -0.05) is 11.6 Å². The average molecular weight is 302 g/mol. The summed E-state index contributed by atoms with van der Waals surface area (Å²) in [5.41, 5.74) is 3.95. The summed E-state index contributed by atoms with van der Waals surface area (Å²) < 4.78 is 0. The number of nitrogens with one attached hydrogen (secondary N) is 2. The topological polar surface area (TPSA) is 61.0 Å². The lowest BCUT2D eigenvalue weighted by atomic mass is 9.97. The van der Waals surface area contributed by atoms with Gasteiger partial charge < -0.3 is 5.32 Å². The maximum Gasteiger partial charge on any atom is 0.237 e. The van der Waals surface area contributed by atoms with E-state index in [1.165, 1.54) is 42.5 Å². The number of allylic oxidation sites excluding steroid dienone is 1. The molecule has 0 unspecified atom stereocenters. The largest absolute Gasteiger partial charge is 0.354 e. The Kier molecular flexibility index (Phi) is 4.93. The monoisotopic (exact) mass is 302 g/mol. The van der Waals surface area contributed by atoms with E-state index in [2.05, 4.69) is 26.5 Å².